The van der Waals surface area contributed by atoms with E-state index in [1.54, 1.807) is 11.3 Å². The van der Waals surface area contributed by atoms with Crippen molar-refractivity contribution in [3.05, 3.63) is 69.4 Å². The molecule has 1 heterocycles. The third-order valence-corrected chi connectivity index (χ3v) is 4.98. The first kappa shape index (κ1) is 14.3. The lowest BCUT2D eigenvalue weighted by molar-refractivity contribution is 0.633. The van der Waals surface area contributed by atoms with Crippen molar-refractivity contribution in [1.82, 2.24) is 5.32 Å². The van der Waals surface area contributed by atoms with Crippen LogP contribution in [0.25, 0.3) is 10.8 Å². The van der Waals surface area contributed by atoms with Gasteiger partial charge in [0.2, 0.25) is 0 Å². The van der Waals surface area contributed by atoms with E-state index in [0.717, 1.165) is 6.54 Å². The van der Waals surface area contributed by atoms with Crippen LogP contribution < -0.4 is 5.32 Å². The average Bonchev–Trinajstić information content (AvgIpc) is 2.92. The zero-order chi connectivity index (χ0) is 14.8. The van der Waals surface area contributed by atoms with Crippen LogP contribution in [-0.4, -0.2) is 6.54 Å². The van der Waals surface area contributed by atoms with Gasteiger partial charge in [0.15, 0.2) is 0 Å². The van der Waals surface area contributed by atoms with E-state index in [1.807, 2.05) is 0 Å². The third-order valence-electron chi connectivity index (χ3n) is 4.10. The fourth-order valence-electron chi connectivity index (χ4n) is 2.98. The van der Waals surface area contributed by atoms with Gasteiger partial charge in [-0.1, -0.05) is 43.3 Å². The van der Waals surface area contributed by atoms with E-state index in [0.29, 0.717) is 0 Å². The Morgan fingerprint density at radius 1 is 0.905 bits per heavy atom. The van der Waals surface area contributed by atoms with Gasteiger partial charge in [0.1, 0.15) is 0 Å². The summed E-state index contributed by atoms with van der Waals surface area (Å²) >= 11 is 1.78. The zero-order valence-corrected chi connectivity index (χ0v) is 13.6. The van der Waals surface area contributed by atoms with Gasteiger partial charge in [-0.05, 0) is 64.2 Å². The first-order chi connectivity index (χ1) is 10.2. The first-order valence-electron chi connectivity index (χ1n) is 7.46. The van der Waals surface area contributed by atoms with Crippen molar-refractivity contribution >= 4 is 22.1 Å². The number of rotatable bonds is 4. The van der Waals surface area contributed by atoms with E-state index in [-0.39, 0.29) is 6.04 Å². The smallest absolute Gasteiger partial charge is 0.0593 e. The quantitative estimate of drug-likeness (QED) is 0.696. The molecule has 1 aromatic heterocycles. The van der Waals surface area contributed by atoms with Gasteiger partial charge < -0.3 is 5.32 Å². The standard InChI is InChI=1S/C19H21NS/c1-4-20-19(18-12-21-11-14(18)3)17-10-9-13(2)15-7-5-6-8-16(15)17/h5-12,19-20H,4H2,1-3H3. The molecule has 0 aliphatic carbocycles. The van der Waals surface area contributed by atoms with Gasteiger partial charge in [-0.15, -0.1) is 0 Å². The van der Waals surface area contributed by atoms with Crippen molar-refractivity contribution in [2.75, 3.05) is 6.54 Å². The monoisotopic (exact) mass is 295 g/mol. The summed E-state index contributed by atoms with van der Waals surface area (Å²) in [6.07, 6.45) is 0. The van der Waals surface area contributed by atoms with Crippen LogP contribution in [0.15, 0.2) is 47.2 Å². The van der Waals surface area contributed by atoms with E-state index in [1.165, 1.54) is 33.0 Å². The summed E-state index contributed by atoms with van der Waals surface area (Å²) in [4.78, 5) is 0. The molecule has 0 saturated heterocycles. The maximum atomic E-state index is 3.66. The van der Waals surface area contributed by atoms with E-state index in [9.17, 15) is 0 Å². The molecule has 0 aliphatic rings. The highest BCUT2D eigenvalue weighted by Crippen LogP contribution is 2.33. The van der Waals surface area contributed by atoms with Crippen molar-refractivity contribution in [2.45, 2.75) is 26.8 Å². The van der Waals surface area contributed by atoms with E-state index < -0.39 is 0 Å². The van der Waals surface area contributed by atoms with Crippen LogP contribution in [0.4, 0.5) is 0 Å². The van der Waals surface area contributed by atoms with Crippen LogP contribution >= 0.6 is 11.3 Å². The molecule has 1 unspecified atom stereocenters. The summed E-state index contributed by atoms with van der Waals surface area (Å²) < 4.78 is 0. The fraction of sp³-hybridized carbons (Fsp3) is 0.263. The Balaban J connectivity index is 2.21. The van der Waals surface area contributed by atoms with Crippen molar-refractivity contribution in [3.63, 3.8) is 0 Å². The van der Waals surface area contributed by atoms with Gasteiger partial charge in [0.25, 0.3) is 0 Å². The number of thiophene rings is 1. The average molecular weight is 295 g/mol. The van der Waals surface area contributed by atoms with Crippen LogP contribution in [0.3, 0.4) is 0 Å². The summed E-state index contributed by atoms with van der Waals surface area (Å²) in [6.45, 7) is 7.52. The van der Waals surface area contributed by atoms with Gasteiger partial charge in [-0.3, -0.25) is 0 Å². The molecule has 0 aliphatic heterocycles. The lowest BCUT2D eigenvalue weighted by Crippen LogP contribution is -2.22. The highest BCUT2D eigenvalue weighted by molar-refractivity contribution is 7.08. The van der Waals surface area contributed by atoms with Gasteiger partial charge in [0.05, 0.1) is 6.04 Å². The minimum atomic E-state index is 0.270. The Kier molecular flexibility index (Phi) is 4.09. The number of aryl methyl sites for hydroxylation is 2. The molecule has 1 nitrogen and oxygen atoms in total. The van der Waals surface area contributed by atoms with Crippen molar-refractivity contribution in [2.24, 2.45) is 0 Å². The fourth-order valence-corrected chi connectivity index (χ4v) is 3.86. The van der Waals surface area contributed by atoms with Gasteiger partial charge in [0, 0.05) is 0 Å². The highest BCUT2D eigenvalue weighted by Gasteiger charge is 2.18. The largest absolute Gasteiger partial charge is 0.306 e. The topological polar surface area (TPSA) is 12.0 Å². The molecule has 0 radical (unpaired) electrons. The Morgan fingerprint density at radius 3 is 2.33 bits per heavy atom. The summed E-state index contributed by atoms with van der Waals surface area (Å²) in [6, 6.07) is 13.5. The van der Waals surface area contributed by atoms with Gasteiger partial charge in [-0.2, -0.15) is 11.3 Å². The molecule has 108 valence electrons. The van der Waals surface area contributed by atoms with Gasteiger partial charge in [-0.25, -0.2) is 0 Å². The number of nitrogens with one attached hydrogen (secondary N) is 1. The second-order valence-corrected chi connectivity index (χ2v) is 6.26. The lowest BCUT2D eigenvalue weighted by atomic mass is 9.91. The van der Waals surface area contributed by atoms with Crippen molar-refractivity contribution < 1.29 is 0 Å². The number of hydrogen-bond donors (Lipinski definition) is 1. The number of fused-ring (bicyclic) bond motifs is 1. The molecule has 2 aromatic carbocycles. The summed E-state index contributed by atoms with van der Waals surface area (Å²) in [7, 11) is 0. The minimum Gasteiger partial charge on any atom is -0.306 e. The minimum absolute atomic E-state index is 0.270. The molecule has 3 rings (SSSR count). The third kappa shape index (κ3) is 2.61. The normalized spacial score (nSPS) is 12.7. The molecule has 2 heteroatoms. The molecule has 0 spiro atoms. The first-order valence-corrected chi connectivity index (χ1v) is 8.41. The van der Waals surface area contributed by atoms with Crippen LogP contribution in [0.1, 0.15) is 35.2 Å². The van der Waals surface area contributed by atoms with Crippen LogP contribution in [0.2, 0.25) is 0 Å². The summed E-state index contributed by atoms with van der Waals surface area (Å²) in [5.41, 5.74) is 5.48. The molecule has 0 amide bonds. The molecular weight excluding hydrogens is 274 g/mol. The maximum Gasteiger partial charge on any atom is 0.0593 e. The number of hydrogen-bond acceptors (Lipinski definition) is 2. The Morgan fingerprint density at radius 2 is 1.67 bits per heavy atom. The SMILES string of the molecule is CCNC(c1cscc1C)c1ccc(C)c2ccccc12. The molecular formula is C19H21NS. The summed E-state index contributed by atoms with van der Waals surface area (Å²) in [5.74, 6) is 0. The second-order valence-electron chi connectivity index (χ2n) is 5.52. The van der Waals surface area contributed by atoms with Crippen LogP contribution in [0.5, 0.6) is 0 Å². The molecule has 1 N–H and O–H groups in total. The molecule has 0 bridgehead atoms. The van der Waals surface area contributed by atoms with Crippen molar-refractivity contribution in [1.29, 1.82) is 0 Å². The van der Waals surface area contributed by atoms with E-state index in [4.69, 9.17) is 0 Å². The van der Waals surface area contributed by atoms with E-state index in [2.05, 4.69) is 73.2 Å². The number of benzene rings is 2. The lowest BCUT2D eigenvalue weighted by Gasteiger charge is -2.21. The Bertz CT molecular complexity index is 757. The predicted molar refractivity (Wildman–Crippen MR) is 93.3 cm³/mol. The van der Waals surface area contributed by atoms with Crippen molar-refractivity contribution in [3.8, 4) is 0 Å². The molecule has 0 fully saturated rings. The van der Waals surface area contributed by atoms with Gasteiger partial charge >= 0.3 is 0 Å². The van der Waals surface area contributed by atoms with E-state index >= 15 is 0 Å². The Hall–Kier alpha value is -1.64. The molecule has 3 aromatic rings. The van der Waals surface area contributed by atoms with Crippen LogP contribution in [0, 0.1) is 13.8 Å². The molecule has 21 heavy (non-hydrogen) atoms. The molecule has 0 saturated carbocycles. The zero-order valence-electron chi connectivity index (χ0n) is 12.8. The second kappa shape index (κ2) is 6.00. The summed E-state index contributed by atoms with van der Waals surface area (Å²) in [5, 5.41) is 10.9. The van der Waals surface area contributed by atoms with Crippen LogP contribution in [-0.2, 0) is 0 Å². The Labute approximate surface area is 130 Å². The highest BCUT2D eigenvalue weighted by atomic mass is 32.1. The maximum absolute atomic E-state index is 3.66. The predicted octanol–water partition coefficient (Wildman–Crippen LogP) is 5.22. The molecule has 1 atom stereocenters.